The van der Waals surface area contributed by atoms with E-state index in [0.29, 0.717) is 6.61 Å². The number of nitrogens with one attached hydrogen (secondary N) is 1. The van der Waals surface area contributed by atoms with Crippen molar-refractivity contribution in [2.45, 2.75) is 97.0 Å². The van der Waals surface area contributed by atoms with E-state index in [4.69, 9.17) is 9.47 Å². The van der Waals surface area contributed by atoms with Crippen LogP contribution >= 0.6 is 0 Å². The number of rotatable bonds is 9. The van der Waals surface area contributed by atoms with E-state index in [1.54, 1.807) is 0 Å². The molecule has 2 atom stereocenters. The Hall–Kier alpha value is -1.83. The molecular formula is C25H37NO3. The van der Waals surface area contributed by atoms with Gasteiger partial charge in [0, 0.05) is 18.9 Å². The van der Waals surface area contributed by atoms with Crippen molar-refractivity contribution in [1.82, 2.24) is 5.32 Å². The Morgan fingerprint density at radius 3 is 2.62 bits per heavy atom. The van der Waals surface area contributed by atoms with Crippen LogP contribution in [0.5, 0.6) is 0 Å². The Kier molecular flexibility index (Phi) is 9.70. The number of amides is 1. The highest BCUT2D eigenvalue weighted by molar-refractivity contribution is 5.73. The van der Waals surface area contributed by atoms with Crippen LogP contribution in [0.2, 0.25) is 0 Å². The summed E-state index contributed by atoms with van der Waals surface area (Å²) in [6, 6.07) is 7.92. The Morgan fingerprint density at radius 2 is 1.90 bits per heavy atom. The van der Waals surface area contributed by atoms with Crippen molar-refractivity contribution in [2.24, 2.45) is 0 Å². The van der Waals surface area contributed by atoms with E-state index in [9.17, 15) is 4.79 Å². The van der Waals surface area contributed by atoms with Crippen LogP contribution in [0.1, 0.15) is 96.3 Å². The number of unbranched alkanes of at least 4 members (excludes halogenated alkanes) is 7. The van der Waals surface area contributed by atoms with Crippen LogP contribution in [0.15, 0.2) is 24.3 Å². The molecule has 1 aromatic carbocycles. The molecule has 1 aliphatic heterocycles. The molecule has 0 spiro atoms. The fraction of sp³-hybridized carbons (Fsp3) is 0.640. The molecule has 0 radical (unpaired) electrons. The average Bonchev–Trinajstić information content (AvgIpc) is 2.68. The summed E-state index contributed by atoms with van der Waals surface area (Å²) in [5, 5.41) is 2.95. The van der Waals surface area contributed by atoms with E-state index >= 15 is 0 Å². The average molecular weight is 400 g/mol. The molecule has 0 aromatic heterocycles. The van der Waals surface area contributed by atoms with Crippen LogP contribution in [0.25, 0.3) is 0 Å². The second-order valence-corrected chi connectivity index (χ2v) is 8.35. The number of hydrogen-bond acceptors (Lipinski definition) is 3. The minimum absolute atomic E-state index is 0.0856. The summed E-state index contributed by atoms with van der Waals surface area (Å²) < 4.78 is 11.9. The second kappa shape index (κ2) is 12.0. The van der Waals surface area contributed by atoms with Crippen LogP contribution in [0.4, 0.5) is 0 Å². The molecule has 1 fully saturated rings. The molecule has 4 heteroatoms. The van der Waals surface area contributed by atoms with Crippen LogP contribution in [0, 0.1) is 11.8 Å². The first-order chi connectivity index (χ1) is 13.9. The van der Waals surface area contributed by atoms with Crippen molar-refractivity contribution < 1.29 is 14.3 Å². The third-order valence-corrected chi connectivity index (χ3v) is 5.13. The summed E-state index contributed by atoms with van der Waals surface area (Å²) in [5.41, 5.74) is 2.00. The van der Waals surface area contributed by atoms with Gasteiger partial charge in [0.1, 0.15) is 6.10 Å². The quantitative estimate of drug-likeness (QED) is 0.440. The van der Waals surface area contributed by atoms with E-state index in [1.807, 2.05) is 32.0 Å². The minimum Gasteiger partial charge on any atom is -0.348 e. The lowest BCUT2D eigenvalue weighted by molar-refractivity contribution is -0.284. The van der Waals surface area contributed by atoms with E-state index in [2.05, 4.69) is 30.1 Å². The summed E-state index contributed by atoms with van der Waals surface area (Å²) in [6.45, 7) is 7.99. The molecule has 29 heavy (non-hydrogen) atoms. The van der Waals surface area contributed by atoms with Gasteiger partial charge in [0.05, 0.1) is 12.6 Å². The number of hydrogen-bond donors (Lipinski definition) is 1. The SMILES string of the molecule is CCCCCCCCCC#Cc1cccc(C2OC(C)(C)OCC2NC(C)=O)c1. The van der Waals surface area contributed by atoms with E-state index in [0.717, 1.165) is 17.5 Å². The van der Waals surface area contributed by atoms with Crippen molar-refractivity contribution in [3.05, 3.63) is 35.4 Å². The van der Waals surface area contributed by atoms with E-state index in [1.165, 1.54) is 51.9 Å². The summed E-state index contributed by atoms with van der Waals surface area (Å²) in [7, 11) is 0. The zero-order valence-electron chi connectivity index (χ0n) is 18.6. The largest absolute Gasteiger partial charge is 0.348 e. The molecule has 160 valence electrons. The van der Waals surface area contributed by atoms with Gasteiger partial charge < -0.3 is 14.8 Å². The first kappa shape index (κ1) is 23.4. The molecule has 2 unspecified atom stereocenters. The smallest absolute Gasteiger partial charge is 0.217 e. The Labute approximate surface area is 176 Å². The fourth-order valence-corrected chi connectivity index (χ4v) is 3.61. The normalized spacial score (nSPS) is 20.6. The van der Waals surface area contributed by atoms with E-state index < -0.39 is 5.79 Å². The van der Waals surface area contributed by atoms with Crippen LogP contribution in [-0.2, 0) is 14.3 Å². The minimum atomic E-state index is -0.682. The molecule has 0 bridgehead atoms. The molecule has 1 heterocycles. The molecule has 0 saturated carbocycles. The lowest BCUT2D eigenvalue weighted by Crippen LogP contribution is -2.51. The maximum Gasteiger partial charge on any atom is 0.217 e. The molecule has 1 N–H and O–H groups in total. The summed E-state index contributed by atoms with van der Waals surface area (Å²) in [6.07, 6.45) is 9.79. The number of carbonyl (C=O) groups is 1. The first-order valence-corrected chi connectivity index (χ1v) is 11.1. The zero-order valence-corrected chi connectivity index (χ0v) is 18.6. The predicted octanol–water partition coefficient (Wildman–Crippen LogP) is 5.51. The Morgan fingerprint density at radius 1 is 1.17 bits per heavy atom. The molecular weight excluding hydrogens is 362 g/mol. The number of carbonyl (C=O) groups excluding carboxylic acids is 1. The van der Waals surface area contributed by atoms with Crippen LogP contribution in [0.3, 0.4) is 0 Å². The Balaban J connectivity index is 1.93. The zero-order chi connectivity index (χ0) is 21.1. The van der Waals surface area contributed by atoms with Gasteiger partial charge in [0.15, 0.2) is 5.79 Å². The lowest BCUT2D eigenvalue weighted by atomic mass is 9.98. The molecule has 0 aliphatic carbocycles. The van der Waals surface area contributed by atoms with Crippen LogP contribution in [-0.4, -0.2) is 24.3 Å². The highest BCUT2D eigenvalue weighted by Crippen LogP contribution is 2.33. The maximum atomic E-state index is 11.6. The molecule has 1 amide bonds. The molecule has 1 saturated heterocycles. The maximum absolute atomic E-state index is 11.6. The monoisotopic (exact) mass is 399 g/mol. The van der Waals surface area contributed by atoms with Gasteiger partial charge in [-0.15, -0.1) is 0 Å². The van der Waals surface area contributed by atoms with Crippen molar-refractivity contribution >= 4 is 5.91 Å². The standard InChI is InChI=1S/C25H37NO3/c1-5-6-7-8-9-10-11-12-13-15-21-16-14-17-22(18-21)24-23(26-20(2)27)19-28-25(3,4)29-24/h14,16-18,23-24H,5-12,19H2,1-4H3,(H,26,27). The molecule has 1 aliphatic rings. The summed E-state index contributed by atoms with van der Waals surface area (Å²) in [4.78, 5) is 11.6. The van der Waals surface area contributed by atoms with Gasteiger partial charge in [0.2, 0.25) is 5.91 Å². The predicted molar refractivity (Wildman–Crippen MR) is 117 cm³/mol. The third-order valence-electron chi connectivity index (χ3n) is 5.13. The topological polar surface area (TPSA) is 47.6 Å². The van der Waals surface area contributed by atoms with Crippen molar-refractivity contribution in [1.29, 1.82) is 0 Å². The van der Waals surface area contributed by atoms with Gasteiger partial charge in [-0.1, -0.05) is 69.4 Å². The second-order valence-electron chi connectivity index (χ2n) is 8.35. The summed E-state index contributed by atoms with van der Waals surface area (Å²) >= 11 is 0. The highest BCUT2D eigenvalue weighted by Gasteiger charge is 2.37. The molecule has 2 rings (SSSR count). The number of ether oxygens (including phenoxy) is 2. The van der Waals surface area contributed by atoms with Gasteiger partial charge in [0.25, 0.3) is 0 Å². The number of benzene rings is 1. The fourth-order valence-electron chi connectivity index (χ4n) is 3.61. The van der Waals surface area contributed by atoms with Gasteiger partial charge in [-0.05, 0) is 38.0 Å². The van der Waals surface area contributed by atoms with Crippen molar-refractivity contribution in [2.75, 3.05) is 6.61 Å². The highest BCUT2D eigenvalue weighted by atomic mass is 16.7. The first-order valence-electron chi connectivity index (χ1n) is 11.1. The van der Waals surface area contributed by atoms with E-state index in [-0.39, 0.29) is 18.1 Å². The lowest BCUT2D eigenvalue weighted by Gasteiger charge is -2.41. The Bertz CT molecular complexity index is 702. The molecule has 1 aromatic rings. The molecule has 4 nitrogen and oxygen atoms in total. The summed E-state index contributed by atoms with van der Waals surface area (Å²) in [5.74, 6) is 5.83. The van der Waals surface area contributed by atoms with Gasteiger partial charge >= 0.3 is 0 Å². The third kappa shape index (κ3) is 8.60. The van der Waals surface area contributed by atoms with Crippen molar-refractivity contribution in [3.8, 4) is 11.8 Å². The van der Waals surface area contributed by atoms with Gasteiger partial charge in [-0.25, -0.2) is 0 Å². The van der Waals surface area contributed by atoms with Gasteiger partial charge in [-0.3, -0.25) is 4.79 Å². The van der Waals surface area contributed by atoms with Gasteiger partial charge in [-0.2, -0.15) is 0 Å². The van der Waals surface area contributed by atoms with Crippen molar-refractivity contribution in [3.63, 3.8) is 0 Å². The van der Waals surface area contributed by atoms with Crippen LogP contribution < -0.4 is 5.32 Å².